The predicted molar refractivity (Wildman–Crippen MR) is 116 cm³/mol. The summed E-state index contributed by atoms with van der Waals surface area (Å²) in [6, 6.07) is 11.9. The third-order valence-electron chi connectivity index (χ3n) is 4.96. The summed E-state index contributed by atoms with van der Waals surface area (Å²) in [6.07, 6.45) is 0.118. The van der Waals surface area contributed by atoms with E-state index in [2.05, 4.69) is 0 Å². The van der Waals surface area contributed by atoms with Crippen LogP contribution in [-0.4, -0.2) is 41.2 Å². The zero-order valence-corrected chi connectivity index (χ0v) is 17.9. The van der Waals surface area contributed by atoms with E-state index >= 15 is 0 Å². The van der Waals surface area contributed by atoms with Gasteiger partial charge >= 0.3 is 11.9 Å². The van der Waals surface area contributed by atoms with Gasteiger partial charge in [0.05, 0.1) is 25.7 Å². The van der Waals surface area contributed by atoms with E-state index in [-0.39, 0.29) is 31.8 Å². The van der Waals surface area contributed by atoms with Crippen molar-refractivity contribution in [3.63, 3.8) is 0 Å². The Morgan fingerprint density at radius 3 is 2.45 bits per heavy atom. The zero-order valence-electron chi connectivity index (χ0n) is 17.2. The van der Waals surface area contributed by atoms with Gasteiger partial charge in [-0.2, -0.15) is 0 Å². The molecule has 7 nitrogen and oxygen atoms in total. The Labute approximate surface area is 184 Å². The summed E-state index contributed by atoms with van der Waals surface area (Å²) >= 11 is 5.94. The zero-order chi connectivity index (χ0) is 22.5. The third kappa shape index (κ3) is 5.06. The summed E-state index contributed by atoms with van der Waals surface area (Å²) in [5, 5.41) is 9.93. The molecule has 0 amide bonds. The molecule has 0 saturated heterocycles. The Morgan fingerprint density at radius 2 is 1.81 bits per heavy atom. The Morgan fingerprint density at radius 1 is 1.10 bits per heavy atom. The second-order valence-electron chi connectivity index (χ2n) is 6.99. The van der Waals surface area contributed by atoms with Crippen molar-refractivity contribution in [3.05, 3.63) is 64.3 Å². The third-order valence-corrected chi connectivity index (χ3v) is 5.21. The molecule has 1 N–H and O–H groups in total. The average molecular weight is 444 g/mol. The molecular weight excluding hydrogens is 422 g/mol. The fraction of sp³-hybridized carbons (Fsp3) is 0.261. The molecule has 0 bridgehead atoms. The molecule has 0 spiro atoms. The molecule has 0 atom stereocenters. The van der Waals surface area contributed by atoms with Gasteiger partial charge in [0.15, 0.2) is 0 Å². The van der Waals surface area contributed by atoms with Crippen LogP contribution in [0.3, 0.4) is 0 Å². The van der Waals surface area contributed by atoms with Crippen molar-refractivity contribution in [2.75, 3.05) is 13.7 Å². The van der Waals surface area contributed by atoms with Crippen molar-refractivity contribution in [3.8, 4) is 5.75 Å². The number of aromatic nitrogens is 1. The standard InChI is InChI=1S/C23H22ClNO6/c1-14-18(13-22(28)31-11-3-4-21(26)27)19-12-17(30-2)9-10-20(19)25(14)23(29)15-5-7-16(24)8-6-15/h5-10,12H,3-4,11,13H2,1-2H3,(H,26,27). The van der Waals surface area contributed by atoms with Crippen LogP contribution < -0.4 is 4.74 Å². The number of esters is 1. The number of methoxy groups -OCH3 is 1. The number of hydrogen-bond acceptors (Lipinski definition) is 5. The molecule has 0 aliphatic heterocycles. The van der Waals surface area contributed by atoms with Gasteiger partial charge in [0, 0.05) is 28.1 Å². The number of benzene rings is 2. The van der Waals surface area contributed by atoms with Crippen LogP contribution in [0.2, 0.25) is 5.02 Å². The van der Waals surface area contributed by atoms with Gasteiger partial charge in [-0.3, -0.25) is 19.0 Å². The quantitative estimate of drug-likeness (QED) is 0.413. The van der Waals surface area contributed by atoms with Gasteiger partial charge in [-0.05, 0) is 61.4 Å². The second-order valence-corrected chi connectivity index (χ2v) is 7.43. The molecule has 0 unspecified atom stereocenters. The van der Waals surface area contributed by atoms with E-state index in [4.69, 9.17) is 26.2 Å². The SMILES string of the molecule is COc1ccc2c(c1)c(CC(=O)OCCCC(=O)O)c(C)n2C(=O)c1ccc(Cl)cc1. The minimum absolute atomic E-state index is 0.0237. The van der Waals surface area contributed by atoms with Crippen molar-refractivity contribution >= 4 is 40.3 Å². The van der Waals surface area contributed by atoms with Crippen LogP contribution in [0, 0.1) is 6.92 Å². The number of nitrogens with zero attached hydrogens (tertiary/aromatic N) is 1. The minimum atomic E-state index is -0.942. The van der Waals surface area contributed by atoms with Gasteiger partial charge in [-0.15, -0.1) is 0 Å². The van der Waals surface area contributed by atoms with E-state index in [1.807, 2.05) is 0 Å². The molecule has 1 aromatic heterocycles. The lowest BCUT2D eigenvalue weighted by molar-refractivity contribution is -0.144. The molecule has 1 heterocycles. The molecule has 0 fully saturated rings. The van der Waals surface area contributed by atoms with Crippen LogP contribution >= 0.6 is 11.6 Å². The van der Waals surface area contributed by atoms with Crippen molar-refractivity contribution in [2.45, 2.75) is 26.2 Å². The van der Waals surface area contributed by atoms with Crippen molar-refractivity contribution < 1.29 is 29.0 Å². The number of carbonyl (C=O) groups excluding carboxylic acids is 2. The Balaban J connectivity index is 1.96. The number of fused-ring (bicyclic) bond motifs is 1. The normalized spacial score (nSPS) is 10.8. The molecule has 0 radical (unpaired) electrons. The van der Waals surface area contributed by atoms with Crippen LogP contribution in [0.1, 0.15) is 34.5 Å². The first-order chi connectivity index (χ1) is 14.8. The van der Waals surface area contributed by atoms with Gasteiger partial charge in [0.25, 0.3) is 5.91 Å². The molecule has 2 aromatic carbocycles. The number of carbonyl (C=O) groups is 3. The summed E-state index contributed by atoms with van der Waals surface area (Å²) < 4.78 is 12.1. The molecule has 0 aliphatic rings. The van der Waals surface area contributed by atoms with Gasteiger partial charge in [-0.25, -0.2) is 0 Å². The van der Waals surface area contributed by atoms with Crippen LogP contribution in [0.25, 0.3) is 10.9 Å². The topological polar surface area (TPSA) is 94.8 Å². The summed E-state index contributed by atoms with van der Waals surface area (Å²) in [5.74, 6) is -1.08. The molecule has 162 valence electrons. The maximum atomic E-state index is 13.2. The highest BCUT2D eigenvalue weighted by Crippen LogP contribution is 2.31. The number of hydrogen-bond donors (Lipinski definition) is 1. The molecule has 3 aromatic rings. The van der Waals surface area contributed by atoms with E-state index in [0.717, 1.165) is 0 Å². The summed E-state index contributed by atoms with van der Waals surface area (Å²) in [7, 11) is 1.54. The maximum Gasteiger partial charge on any atom is 0.310 e. The largest absolute Gasteiger partial charge is 0.497 e. The monoisotopic (exact) mass is 443 g/mol. The minimum Gasteiger partial charge on any atom is -0.497 e. The highest BCUT2D eigenvalue weighted by atomic mass is 35.5. The van der Waals surface area contributed by atoms with Gasteiger partial charge in [-0.1, -0.05) is 11.6 Å². The number of carboxylic acid groups (broad SMARTS) is 1. The molecule has 0 aliphatic carbocycles. The fourth-order valence-corrected chi connectivity index (χ4v) is 3.53. The number of ether oxygens (including phenoxy) is 2. The number of rotatable bonds is 8. The van der Waals surface area contributed by atoms with Crippen LogP contribution in [-0.2, 0) is 20.7 Å². The van der Waals surface area contributed by atoms with Crippen molar-refractivity contribution in [1.82, 2.24) is 4.57 Å². The lowest BCUT2D eigenvalue weighted by atomic mass is 10.1. The Bertz CT molecular complexity index is 1130. The fourth-order valence-electron chi connectivity index (χ4n) is 3.40. The highest BCUT2D eigenvalue weighted by Gasteiger charge is 2.22. The van der Waals surface area contributed by atoms with Crippen LogP contribution in [0.15, 0.2) is 42.5 Å². The number of carboxylic acids is 1. The van der Waals surface area contributed by atoms with E-state index in [9.17, 15) is 14.4 Å². The Hall–Kier alpha value is -3.32. The lowest BCUT2D eigenvalue weighted by Gasteiger charge is -2.08. The summed E-state index contributed by atoms with van der Waals surface area (Å²) in [6.45, 7) is 1.79. The first-order valence-corrected chi connectivity index (χ1v) is 10.0. The highest BCUT2D eigenvalue weighted by molar-refractivity contribution is 6.30. The first-order valence-electron chi connectivity index (χ1n) is 9.67. The van der Waals surface area contributed by atoms with E-state index in [1.54, 1.807) is 61.1 Å². The second kappa shape index (κ2) is 9.66. The number of halogens is 1. The average Bonchev–Trinajstić information content (AvgIpc) is 3.01. The van der Waals surface area contributed by atoms with Crippen LogP contribution in [0.5, 0.6) is 5.75 Å². The van der Waals surface area contributed by atoms with E-state index < -0.39 is 11.9 Å². The lowest BCUT2D eigenvalue weighted by Crippen LogP contribution is -2.15. The molecular formula is C23H22ClNO6. The number of aliphatic carboxylic acids is 1. The van der Waals surface area contributed by atoms with Crippen LogP contribution in [0.4, 0.5) is 0 Å². The molecule has 3 rings (SSSR count). The predicted octanol–water partition coefficient (Wildman–Crippen LogP) is 4.25. The van der Waals surface area contributed by atoms with E-state index in [0.29, 0.717) is 38.5 Å². The molecule has 8 heteroatoms. The van der Waals surface area contributed by atoms with Gasteiger partial charge in [0.1, 0.15) is 5.75 Å². The van der Waals surface area contributed by atoms with Gasteiger partial charge in [0.2, 0.25) is 0 Å². The van der Waals surface area contributed by atoms with Crippen molar-refractivity contribution in [1.29, 1.82) is 0 Å². The molecule has 31 heavy (non-hydrogen) atoms. The summed E-state index contributed by atoms with van der Waals surface area (Å²) in [4.78, 5) is 36.2. The summed E-state index contributed by atoms with van der Waals surface area (Å²) in [5.41, 5.74) is 2.38. The van der Waals surface area contributed by atoms with Crippen molar-refractivity contribution in [2.24, 2.45) is 0 Å². The van der Waals surface area contributed by atoms with E-state index in [1.165, 1.54) is 0 Å². The molecule has 0 saturated carbocycles. The Kier molecular flexibility index (Phi) is 6.97. The smallest absolute Gasteiger partial charge is 0.310 e. The maximum absolute atomic E-state index is 13.2. The first kappa shape index (κ1) is 22.4. The van der Waals surface area contributed by atoms with Gasteiger partial charge < -0.3 is 14.6 Å².